The lowest BCUT2D eigenvalue weighted by atomic mass is 10.3. The summed E-state index contributed by atoms with van der Waals surface area (Å²) in [6.07, 6.45) is 1.32. The Hall–Kier alpha value is -1.42. The van der Waals surface area contributed by atoms with Crippen molar-refractivity contribution >= 4 is 17.7 Å². The van der Waals surface area contributed by atoms with Gasteiger partial charge in [-0.2, -0.15) is 0 Å². The van der Waals surface area contributed by atoms with Crippen LogP contribution in [-0.2, 0) is 4.79 Å². The highest BCUT2D eigenvalue weighted by Gasteiger charge is 1.98. The fourth-order valence-corrected chi connectivity index (χ4v) is 1.66. The average molecular weight is 209 g/mol. The molecule has 0 aliphatic rings. The van der Waals surface area contributed by atoms with Gasteiger partial charge >= 0.3 is 0 Å². The van der Waals surface area contributed by atoms with Crippen molar-refractivity contribution in [1.82, 2.24) is 0 Å². The summed E-state index contributed by atoms with van der Waals surface area (Å²) in [5.74, 6) is 0.332. The highest BCUT2D eigenvalue weighted by molar-refractivity contribution is 8.02. The molecular formula is C10H11NO2S. The van der Waals surface area contributed by atoms with Gasteiger partial charge in [0.05, 0.1) is 12.0 Å². The summed E-state index contributed by atoms with van der Waals surface area (Å²) in [4.78, 5) is 11.4. The Morgan fingerprint density at radius 3 is 2.86 bits per heavy atom. The summed E-state index contributed by atoms with van der Waals surface area (Å²) in [7, 11) is 1.61. The van der Waals surface area contributed by atoms with Gasteiger partial charge in [-0.25, -0.2) is 0 Å². The molecule has 1 aromatic rings. The van der Waals surface area contributed by atoms with E-state index >= 15 is 0 Å². The number of ether oxygens (including phenoxy) is 1. The quantitative estimate of drug-likeness (QED) is 0.607. The maximum atomic E-state index is 10.4. The summed E-state index contributed by atoms with van der Waals surface area (Å²) < 4.78 is 5.13. The zero-order valence-corrected chi connectivity index (χ0v) is 8.58. The number of para-hydroxylation sites is 1. The third kappa shape index (κ3) is 3.14. The number of hydrogen-bond donors (Lipinski definition) is 1. The molecule has 0 saturated heterocycles. The summed E-state index contributed by atoms with van der Waals surface area (Å²) in [6, 6.07) is 7.57. The first-order chi connectivity index (χ1) is 6.74. The number of carbonyl (C=O) groups is 1. The fourth-order valence-electron chi connectivity index (χ4n) is 0.891. The van der Waals surface area contributed by atoms with Gasteiger partial charge in [-0.1, -0.05) is 23.9 Å². The molecule has 0 fully saturated rings. The van der Waals surface area contributed by atoms with E-state index in [0.717, 1.165) is 10.6 Å². The number of benzene rings is 1. The Balaban J connectivity index is 2.71. The van der Waals surface area contributed by atoms with E-state index < -0.39 is 5.91 Å². The average Bonchev–Trinajstić information content (AvgIpc) is 2.18. The maximum absolute atomic E-state index is 10.4. The molecule has 0 unspecified atom stereocenters. The van der Waals surface area contributed by atoms with E-state index in [9.17, 15) is 4.79 Å². The van der Waals surface area contributed by atoms with E-state index in [1.165, 1.54) is 17.8 Å². The predicted molar refractivity (Wildman–Crippen MR) is 57.2 cm³/mol. The van der Waals surface area contributed by atoms with Gasteiger partial charge in [0.1, 0.15) is 5.75 Å². The minimum Gasteiger partial charge on any atom is -0.496 e. The summed E-state index contributed by atoms with van der Waals surface area (Å²) >= 11 is 1.39. The smallest absolute Gasteiger partial charge is 0.241 e. The van der Waals surface area contributed by atoms with Gasteiger partial charge in [0.25, 0.3) is 0 Å². The minimum absolute atomic E-state index is 0.451. The molecule has 0 spiro atoms. The fraction of sp³-hybridized carbons (Fsp3) is 0.100. The van der Waals surface area contributed by atoms with Crippen LogP contribution in [0.15, 0.2) is 40.6 Å². The standard InChI is InChI=1S/C10H11NO2S/c1-13-8-4-2-3-5-9(8)14-7-6-10(11)12/h2-7H,1H3,(H2,11,12)/b7-6+. The molecular weight excluding hydrogens is 198 g/mol. The van der Waals surface area contributed by atoms with Crippen LogP contribution in [0.25, 0.3) is 0 Å². The second-order valence-corrected chi connectivity index (χ2v) is 3.42. The lowest BCUT2D eigenvalue weighted by molar-refractivity contribution is -0.113. The van der Waals surface area contributed by atoms with E-state index in [1.807, 2.05) is 24.3 Å². The molecule has 1 rings (SSSR count). The molecule has 0 heterocycles. The van der Waals surface area contributed by atoms with Crippen molar-refractivity contribution < 1.29 is 9.53 Å². The number of rotatable bonds is 4. The molecule has 1 amide bonds. The van der Waals surface area contributed by atoms with Crippen LogP contribution in [0.3, 0.4) is 0 Å². The van der Waals surface area contributed by atoms with Crippen LogP contribution in [0, 0.1) is 0 Å². The van der Waals surface area contributed by atoms with Crippen LogP contribution < -0.4 is 10.5 Å². The van der Waals surface area contributed by atoms with Crippen LogP contribution in [0.2, 0.25) is 0 Å². The zero-order valence-electron chi connectivity index (χ0n) is 7.77. The lowest BCUT2D eigenvalue weighted by Gasteiger charge is -2.03. The first-order valence-corrected chi connectivity index (χ1v) is 4.87. The van der Waals surface area contributed by atoms with E-state index in [-0.39, 0.29) is 0 Å². The van der Waals surface area contributed by atoms with Gasteiger partial charge in [-0.15, -0.1) is 0 Å². The first kappa shape index (κ1) is 10.7. The van der Waals surface area contributed by atoms with Crippen molar-refractivity contribution in [3.63, 3.8) is 0 Å². The van der Waals surface area contributed by atoms with Gasteiger partial charge in [-0.05, 0) is 17.5 Å². The minimum atomic E-state index is -0.451. The van der Waals surface area contributed by atoms with E-state index in [4.69, 9.17) is 10.5 Å². The van der Waals surface area contributed by atoms with E-state index in [2.05, 4.69) is 0 Å². The van der Waals surface area contributed by atoms with Crippen molar-refractivity contribution in [2.75, 3.05) is 7.11 Å². The van der Waals surface area contributed by atoms with Crippen molar-refractivity contribution in [2.24, 2.45) is 5.73 Å². The molecule has 1 aromatic carbocycles. The van der Waals surface area contributed by atoms with Crippen LogP contribution in [0.5, 0.6) is 5.75 Å². The first-order valence-electron chi connectivity index (χ1n) is 3.99. The van der Waals surface area contributed by atoms with Crippen molar-refractivity contribution in [3.05, 3.63) is 35.7 Å². The molecule has 0 radical (unpaired) electrons. The summed E-state index contributed by atoms with van der Waals surface area (Å²) in [5.41, 5.74) is 4.96. The summed E-state index contributed by atoms with van der Waals surface area (Å²) in [5, 5.41) is 1.64. The molecule has 4 heteroatoms. The largest absolute Gasteiger partial charge is 0.496 e. The van der Waals surface area contributed by atoms with E-state index in [1.54, 1.807) is 12.5 Å². The number of carbonyl (C=O) groups excluding carboxylic acids is 1. The SMILES string of the molecule is COc1ccccc1S/C=C/C(N)=O. The van der Waals surface area contributed by atoms with Crippen LogP contribution in [0.1, 0.15) is 0 Å². The molecule has 0 atom stereocenters. The number of thioether (sulfide) groups is 1. The number of primary amides is 1. The molecule has 3 nitrogen and oxygen atoms in total. The lowest BCUT2D eigenvalue weighted by Crippen LogP contribution is -2.04. The molecule has 2 N–H and O–H groups in total. The Bertz CT molecular complexity index is 350. The zero-order chi connectivity index (χ0) is 10.4. The molecule has 0 aliphatic carbocycles. The topological polar surface area (TPSA) is 52.3 Å². The normalized spacial score (nSPS) is 10.4. The number of amides is 1. The Labute approximate surface area is 86.9 Å². The maximum Gasteiger partial charge on any atom is 0.241 e. The predicted octanol–water partition coefficient (Wildman–Crippen LogP) is 1.79. The van der Waals surface area contributed by atoms with Crippen LogP contribution in [-0.4, -0.2) is 13.0 Å². The van der Waals surface area contributed by atoms with Gasteiger partial charge in [0.15, 0.2) is 0 Å². The highest BCUT2D eigenvalue weighted by Crippen LogP contribution is 2.29. The van der Waals surface area contributed by atoms with Crippen molar-refractivity contribution in [1.29, 1.82) is 0 Å². The molecule has 14 heavy (non-hydrogen) atoms. The third-order valence-electron chi connectivity index (χ3n) is 1.50. The Kier molecular flexibility index (Phi) is 4.07. The van der Waals surface area contributed by atoms with Gasteiger partial charge in [0, 0.05) is 6.08 Å². The number of nitrogens with two attached hydrogens (primary N) is 1. The van der Waals surface area contributed by atoms with E-state index in [0.29, 0.717) is 0 Å². The molecule has 0 bridgehead atoms. The molecule has 0 aliphatic heterocycles. The second-order valence-electron chi connectivity index (χ2n) is 2.47. The van der Waals surface area contributed by atoms with Crippen LogP contribution in [0.4, 0.5) is 0 Å². The number of hydrogen-bond acceptors (Lipinski definition) is 3. The van der Waals surface area contributed by atoms with Gasteiger partial charge in [-0.3, -0.25) is 4.79 Å². The third-order valence-corrected chi connectivity index (χ3v) is 2.36. The Morgan fingerprint density at radius 1 is 1.50 bits per heavy atom. The monoisotopic (exact) mass is 209 g/mol. The molecule has 0 saturated carbocycles. The van der Waals surface area contributed by atoms with Crippen LogP contribution >= 0.6 is 11.8 Å². The van der Waals surface area contributed by atoms with Crippen molar-refractivity contribution in [2.45, 2.75) is 4.90 Å². The summed E-state index contributed by atoms with van der Waals surface area (Å²) in [6.45, 7) is 0. The Morgan fingerprint density at radius 2 is 2.21 bits per heavy atom. The molecule has 74 valence electrons. The van der Waals surface area contributed by atoms with Gasteiger partial charge in [0.2, 0.25) is 5.91 Å². The van der Waals surface area contributed by atoms with Crippen molar-refractivity contribution in [3.8, 4) is 5.75 Å². The number of methoxy groups -OCH3 is 1. The highest BCUT2D eigenvalue weighted by atomic mass is 32.2. The second kappa shape index (κ2) is 5.34. The molecule has 0 aromatic heterocycles. The van der Waals surface area contributed by atoms with Gasteiger partial charge < -0.3 is 10.5 Å².